The molecule has 1 atom stereocenters. The van der Waals surface area contributed by atoms with Crippen molar-refractivity contribution in [3.63, 3.8) is 0 Å². The van der Waals surface area contributed by atoms with Gasteiger partial charge in [-0.25, -0.2) is 17.8 Å². The van der Waals surface area contributed by atoms with Gasteiger partial charge in [-0.1, -0.05) is 37.6 Å². The van der Waals surface area contributed by atoms with Gasteiger partial charge in [0.2, 0.25) is 10.0 Å². The van der Waals surface area contributed by atoms with Crippen LogP contribution in [0.15, 0.2) is 46.5 Å². The molecule has 5 rings (SSSR count). The van der Waals surface area contributed by atoms with Crippen molar-refractivity contribution in [1.29, 1.82) is 0 Å². The van der Waals surface area contributed by atoms with E-state index in [1.165, 1.54) is 18.9 Å². The van der Waals surface area contributed by atoms with Crippen LogP contribution in [0.4, 0.5) is 4.39 Å². The number of hydrogen-bond acceptors (Lipinski definition) is 4. The van der Waals surface area contributed by atoms with Crippen molar-refractivity contribution in [2.24, 2.45) is 5.92 Å². The van der Waals surface area contributed by atoms with E-state index in [4.69, 9.17) is 4.98 Å². The SMILES string of the molecule is Cc1ccc(F)cc1CSc1nc2cc(S(=O)(=O)N3CCCC(C)C3)ccc2n1C1CCCC1. The average molecular weight is 502 g/mol. The number of aromatic nitrogens is 2. The highest BCUT2D eigenvalue weighted by Crippen LogP contribution is 2.38. The number of sulfonamides is 1. The molecule has 2 heterocycles. The lowest BCUT2D eigenvalue weighted by Crippen LogP contribution is -2.39. The summed E-state index contributed by atoms with van der Waals surface area (Å²) in [6, 6.07) is 10.7. The lowest BCUT2D eigenvalue weighted by Gasteiger charge is -2.30. The highest BCUT2D eigenvalue weighted by Gasteiger charge is 2.30. The average Bonchev–Trinajstić information content (AvgIpc) is 3.46. The fourth-order valence-electron chi connectivity index (χ4n) is 5.29. The van der Waals surface area contributed by atoms with Gasteiger partial charge in [-0.2, -0.15) is 4.31 Å². The molecule has 5 nitrogen and oxygen atoms in total. The van der Waals surface area contributed by atoms with E-state index in [1.807, 2.05) is 19.1 Å². The molecule has 0 N–H and O–H groups in total. The summed E-state index contributed by atoms with van der Waals surface area (Å²) in [6.07, 6.45) is 6.56. The van der Waals surface area contributed by atoms with Gasteiger partial charge in [-0.05, 0) is 80.0 Å². The summed E-state index contributed by atoms with van der Waals surface area (Å²) < 4.78 is 44.4. The summed E-state index contributed by atoms with van der Waals surface area (Å²) >= 11 is 1.60. The quantitative estimate of drug-likeness (QED) is 0.371. The Bertz CT molecular complexity index is 1300. The van der Waals surface area contributed by atoms with E-state index in [-0.39, 0.29) is 5.82 Å². The van der Waals surface area contributed by atoms with Crippen molar-refractivity contribution < 1.29 is 12.8 Å². The second-order valence-electron chi connectivity index (χ2n) is 9.82. The molecule has 1 aromatic heterocycles. The molecular weight excluding hydrogens is 469 g/mol. The number of nitrogens with zero attached hydrogens (tertiary/aromatic N) is 3. The first kappa shape index (κ1) is 23.8. The minimum atomic E-state index is -3.54. The third kappa shape index (κ3) is 4.64. The first-order valence-corrected chi connectivity index (χ1v) is 14.7. The normalized spacial score (nSPS) is 20.4. The molecule has 2 aliphatic rings. The van der Waals surface area contributed by atoms with E-state index in [9.17, 15) is 12.8 Å². The molecule has 2 aromatic carbocycles. The minimum Gasteiger partial charge on any atom is -0.316 e. The number of imidazole rings is 1. The number of hydrogen-bond donors (Lipinski definition) is 0. The number of thioether (sulfide) groups is 1. The maximum absolute atomic E-state index is 13.8. The van der Waals surface area contributed by atoms with E-state index in [0.29, 0.717) is 35.7 Å². The van der Waals surface area contributed by atoms with E-state index < -0.39 is 10.0 Å². The Morgan fingerprint density at radius 3 is 2.65 bits per heavy atom. The van der Waals surface area contributed by atoms with Gasteiger partial charge in [0.05, 0.1) is 15.9 Å². The number of halogens is 1. The van der Waals surface area contributed by atoms with Gasteiger partial charge in [0.25, 0.3) is 0 Å². The molecule has 1 saturated heterocycles. The second-order valence-corrected chi connectivity index (χ2v) is 12.7. The minimum absolute atomic E-state index is 0.229. The van der Waals surface area contributed by atoms with Gasteiger partial charge in [-0.15, -0.1) is 0 Å². The van der Waals surface area contributed by atoms with Crippen molar-refractivity contribution in [2.45, 2.75) is 74.2 Å². The molecule has 1 saturated carbocycles. The standard InChI is InChI=1S/C26H32FN3O2S2/c1-18-6-5-13-29(16-18)34(31,32)23-11-12-25-24(15-23)28-26(30(25)22-7-3-4-8-22)33-17-20-14-21(27)10-9-19(20)2/h9-12,14-15,18,22H,3-8,13,16-17H2,1-2H3. The number of benzene rings is 2. The monoisotopic (exact) mass is 501 g/mol. The topological polar surface area (TPSA) is 55.2 Å². The Balaban J connectivity index is 1.50. The number of rotatable bonds is 6. The van der Waals surface area contributed by atoms with Crippen LogP contribution in [0.3, 0.4) is 0 Å². The lowest BCUT2D eigenvalue weighted by molar-refractivity contribution is 0.281. The number of fused-ring (bicyclic) bond motifs is 1. The summed E-state index contributed by atoms with van der Waals surface area (Å²) in [5, 5.41) is 0.881. The summed E-state index contributed by atoms with van der Waals surface area (Å²) in [5.74, 6) is 0.770. The van der Waals surface area contributed by atoms with Crippen molar-refractivity contribution in [3.05, 3.63) is 53.3 Å². The third-order valence-electron chi connectivity index (χ3n) is 7.24. The molecule has 3 aromatic rings. The summed E-state index contributed by atoms with van der Waals surface area (Å²) in [6.45, 7) is 5.26. The van der Waals surface area contributed by atoms with Crippen LogP contribution < -0.4 is 0 Å². The Kier molecular flexibility index (Phi) is 6.75. The highest BCUT2D eigenvalue weighted by molar-refractivity contribution is 7.98. The molecule has 0 bridgehead atoms. The predicted octanol–water partition coefficient (Wildman–Crippen LogP) is 6.31. The van der Waals surface area contributed by atoms with Crippen LogP contribution in [-0.4, -0.2) is 35.4 Å². The van der Waals surface area contributed by atoms with Crippen molar-refractivity contribution in [2.75, 3.05) is 13.1 Å². The number of aryl methyl sites for hydroxylation is 1. The fraction of sp³-hybridized carbons (Fsp3) is 0.500. The van der Waals surface area contributed by atoms with Gasteiger partial charge in [-0.3, -0.25) is 0 Å². The molecule has 182 valence electrons. The van der Waals surface area contributed by atoms with Gasteiger partial charge >= 0.3 is 0 Å². The number of piperidine rings is 1. The maximum Gasteiger partial charge on any atom is 0.243 e. The van der Waals surface area contributed by atoms with Gasteiger partial charge in [0.1, 0.15) is 5.82 Å². The van der Waals surface area contributed by atoms with Crippen LogP contribution in [-0.2, 0) is 15.8 Å². The van der Waals surface area contributed by atoms with E-state index >= 15 is 0 Å². The molecule has 0 radical (unpaired) electrons. The molecule has 2 fully saturated rings. The molecule has 34 heavy (non-hydrogen) atoms. The van der Waals surface area contributed by atoms with Crippen molar-refractivity contribution in [1.82, 2.24) is 13.9 Å². The zero-order chi connectivity index (χ0) is 23.9. The first-order chi connectivity index (χ1) is 16.3. The van der Waals surface area contributed by atoms with Gasteiger partial charge < -0.3 is 4.57 Å². The van der Waals surface area contributed by atoms with Crippen LogP contribution in [0.25, 0.3) is 11.0 Å². The summed E-state index contributed by atoms with van der Waals surface area (Å²) in [7, 11) is -3.54. The molecule has 0 spiro atoms. The lowest BCUT2D eigenvalue weighted by atomic mass is 10.0. The van der Waals surface area contributed by atoms with Crippen molar-refractivity contribution in [3.8, 4) is 0 Å². The maximum atomic E-state index is 13.8. The Hall–Kier alpha value is -1.90. The molecular formula is C26H32FN3O2S2. The van der Waals surface area contributed by atoms with Crippen LogP contribution in [0, 0.1) is 18.7 Å². The molecule has 1 aliphatic carbocycles. The zero-order valence-electron chi connectivity index (χ0n) is 19.8. The Morgan fingerprint density at radius 1 is 1.09 bits per heavy atom. The largest absolute Gasteiger partial charge is 0.316 e. The molecule has 1 unspecified atom stereocenters. The predicted molar refractivity (Wildman–Crippen MR) is 135 cm³/mol. The summed E-state index contributed by atoms with van der Waals surface area (Å²) in [4.78, 5) is 5.23. The Morgan fingerprint density at radius 2 is 1.88 bits per heavy atom. The smallest absolute Gasteiger partial charge is 0.243 e. The van der Waals surface area contributed by atoms with E-state index in [2.05, 4.69) is 11.5 Å². The van der Waals surface area contributed by atoms with Crippen LogP contribution in [0.2, 0.25) is 0 Å². The van der Waals surface area contributed by atoms with Crippen LogP contribution in [0.5, 0.6) is 0 Å². The highest BCUT2D eigenvalue weighted by atomic mass is 32.2. The fourth-order valence-corrected chi connectivity index (χ4v) is 8.05. The first-order valence-electron chi connectivity index (χ1n) is 12.2. The second kappa shape index (κ2) is 9.63. The van der Waals surface area contributed by atoms with E-state index in [0.717, 1.165) is 53.0 Å². The van der Waals surface area contributed by atoms with Gasteiger partial charge in [0, 0.05) is 24.9 Å². The third-order valence-corrected chi connectivity index (χ3v) is 10.1. The molecule has 0 amide bonds. The molecule has 8 heteroatoms. The molecule has 1 aliphatic heterocycles. The van der Waals surface area contributed by atoms with Crippen LogP contribution in [0.1, 0.15) is 62.6 Å². The van der Waals surface area contributed by atoms with Crippen molar-refractivity contribution >= 4 is 32.8 Å². The zero-order valence-corrected chi connectivity index (χ0v) is 21.5. The van der Waals surface area contributed by atoms with Crippen LogP contribution >= 0.6 is 11.8 Å². The van der Waals surface area contributed by atoms with Gasteiger partial charge in [0.15, 0.2) is 5.16 Å². The summed E-state index contributed by atoms with van der Waals surface area (Å²) in [5.41, 5.74) is 3.71. The van der Waals surface area contributed by atoms with E-state index in [1.54, 1.807) is 34.3 Å². The Labute approximate surface area is 205 Å².